The molecule has 96 valence electrons. The molecule has 1 heterocycles. The summed E-state index contributed by atoms with van der Waals surface area (Å²) in [6.07, 6.45) is 0. The SMILES string of the molecule is COCc1c(F)cc(-c2noc(CN)n2)cc1Br. The van der Waals surface area contributed by atoms with E-state index in [0.717, 1.165) is 0 Å². The standard InChI is InChI=1S/C11H11BrFN3O2/c1-17-5-7-8(12)2-6(3-9(7)13)11-15-10(4-14)18-16-11/h2-3H,4-5,14H2,1H3. The van der Waals surface area contributed by atoms with Crippen LogP contribution in [0.4, 0.5) is 4.39 Å². The van der Waals surface area contributed by atoms with Gasteiger partial charge in [0.1, 0.15) is 5.82 Å². The number of hydrogen-bond donors (Lipinski definition) is 1. The third kappa shape index (κ3) is 2.58. The summed E-state index contributed by atoms with van der Waals surface area (Å²) in [5.41, 5.74) is 6.33. The van der Waals surface area contributed by atoms with Gasteiger partial charge in [0.15, 0.2) is 0 Å². The molecule has 2 N–H and O–H groups in total. The quantitative estimate of drug-likeness (QED) is 0.936. The summed E-state index contributed by atoms with van der Waals surface area (Å²) in [6, 6.07) is 3.05. The highest BCUT2D eigenvalue weighted by molar-refractivity contribution is 9.10. The van der Waals surface area contributed by atoms with Gasteiger partial charge in [0.25, 0.3) is 0 Å². The molecule has 5 nitrogen and oxygen atoms in total. The van der Waals surface area contributed by atoms with Crippen molar-refractivity contribution in [2.45, 2.75) is 13.2 Å². The van der Waals surface area contributed by atoms with Gasteiger partial charge in [-0.25, -0.2) is 4.39 Å². The van der Waals surface area contributed by atoms with E-state index in [9.17, 15) is 4.39 Å². The highest BCUT2D eigenvalue weighted by Crippen LogP contribution is 2.27. The largest absolute Gasteiger partial charge is 0.380 e. The molecule has 0 aliphatic rings. The Hall–Kier alpha value is -1.31. The summed E-state index contributed by atoms with van der Waals surface area (Å²) in [6.45, 7) is 0.339. The third-order valence-corrected chi connectivity index (χ3v) is 3.04. The summed E-state index contributed by atoms with van der Waals surface area (Å²) in [4.78, 5) is 4.04. The molecule has 2 rings (SSSR count). The van der Waals surface area contributed by atoms with Crippen LogP contribution in [0, 0.1) is 5.82 Å². The van der Waals surface area contributed by atoms with Crippen LogP contribution in [-0.4, -0.2) is 17.3 Å². The van der Waals surface area contributed by atoms with Crippen molar-refractivity contribution in [3.05, 3.63) is 33.9 Å². The van der Waals surface area contributed by atoms with Gasteiger partial charge in [0.05, 0.1) is 13.2 Å². The average Bonchev–Trinajstić information content (AvgIpc) is 2.82. The fraction of sp³-hybridized carbons (Fsp3) is 0.273. The van der Waals surface area contributed by atoms with Gasteiger partial charge in [-0.05, 0) is 12.1 Å². The first kappa shape index (κ1) is 13.1. The van der Waals surface area contributed by atoms with Crippen LogP contribution in [0.5, 0.6) is 0 Å². The van der Waals surface area contributed by atoms with Crippen LogP contribution in [0.1, 0.15) is 11.5 Å². The lowest BCUT2D eigenvalue weighted by Gasteiger charge is -2.06. The highest BCUT2D eigenvalue weighted by Gasteiger charge is 2.14. The number of ether oxygens (including phenoxy) is 1. The zero-order valence-corrected chi connectivity index (χ0v) is 11.2. The molecule has 0 aliphatic carbocycles. The number of nitrogens with two attached hydrogens (primary N) is 1. The van der Waals surface area contributed by atoms with Gasteiger partial charge in [0.2, 0.25) is 11.7 Å². The van der Waals surface area contributed by atoms with Crippen LogP contribution in [0.15, 0.2) is 21.1 Å². The van der Waals surface area contributed by atoms with Crippen LogP contribution in [0.25, 0.3) is 11.4 Å². The van der Waals surface area contributed by atoms with Crippen molar-refractivity contribution in [3.63, 3.8) is 0 Å². The summed E-state index contributed by atoms with van der Waals surface area (Å²) >= 11 is 3.29. The monoisotopic (exact) mass is 315 g/mol. The Labute approximate surface area is 111 Å². The maximum Gasteiger partial charge on any atom is 0.240 e. The van der Waals surface area contributed by atoms with E-state index in [-0.39, 0.29) is 19.0 Å². The minimum absolute atomic E-state index is 0.151. The van der Waals surface area contributed by atoms with Crippen molar-refractivity contribution < 1.29 is 13.7 Å². The molecule has 0 saturated heterocycles. The van der Waals surface area contributed by atoms with Gasteiger partial charge in [-0.2, -0.15) is 4.98 Å². The molecule has 0 saturated carbocycles. The predicted molar refractivity (Wildman–Crippen MR) is 66.0 cm³/mol. The maximum atomic E-state index is 13.9. The molecule has 0 spiro atoms. The maximum absolute atomic E-state index is 13.9. The minimum Gasteiger partial charge on any atom is -0.380 e. The number of nitrogens with zero attached hydrogens (tertiary/aromatic N) is 2. The van der Waals surface area contributed by atoms with E-state index in [1.165, 1.54) is 13.2 Å². The molecule has 7 heteroatoms. The smallest absolute Gasteiger partial charge is 0.240 e. The van der Waals surface area contributed by atoms with Gasteiger partial charge in [-0.1, -0.05) is 21.1 Å². The Kier molecular flexibility index (Phi) is 4.05. The fourth-order valence-corrected chi connectivity index (χ4v) is 2.02. The van der Waals surface area contributed by atoms with Crippen molar-refractivity contribution in [1.82, 2.24) is 10.1 Å². The second-order valence-electron chi connectivity index (χ2n) is 3.57. The lowest BCUT2D eigenvalue weighted by atomic mass is 10.1. The van der Waals surface area contributed by atoms with Crippen molar-refractivity contribution in [1.29, 1.82) is 0 Å². The van der Waals surface area contributed by atoms with Gasteiger partial charge >= 0.3 is 0 Å². The molecule has 0 amide bonds. The van der Waals surface area contributed by atoms with Crippen molar-refractivity contribution in [2.24, 2.45) is 5.73 Å². The van der Waals surface area contributed by atoms with Crippen molar-refractivity contribution in [2.75, 3.05) is 7.11 Å². The molecular formula is C11H11BrFN3O2. The molecule has 1 aromatic carbocycles. The molecule has 0 fully saturated rings. The highest BCUT2D eigenvalue weighted by atomic mass is 79.9. The molecule has 0 unspecified atom stereocenters. The Morgan fingerprint density at radius 2 is 2.28 bits per heavy atom. The Bertz CT molecular complexity index is 536. The Balaban J connectivity index is 2.40. The molecule has 1 aromatic heterocycles. The van der Waals surface area contributed by atoms with Crippen molar-refractivity contribution >= 4 is 15.9 Å². The predicted octanol–water partition coefficient (Wildman–Crippen LogP) is 2.24. The zero-order valence-electron chi connectivity index (χ0n) is 9.61. The summed E-state index contributed by atoms with van der Waals surface area (Å²) < 4.78 is 24.2. The molecule has 0 radical (unpaired) electrons. The lowest BCUT2D eigenvalue weighted by Crippen LogP contribution is -1.97. The van der Waals surface area contributed by atoms with Gasteiger partial charge in [0, 0.05) is 22.7 Å². The molecule has 0 atom stereocenters. The molecule has 0 aliphatic heterocycles. The molecular weight excluding hydrogens is 305 g/mol. The van der Waals surface area contributed by atoms with E-state index in [2.05, 4.69) is 26.1 Å². The van der Waals surface area contributed by atoms with E-state index >= 15 is 0 Å². The number of rotatable bonds is 4. The normalized spacial score (nSPS) is 10.9. The number of aromatic nitrogens is 2. The fourth-order valence-electron chi connectivity index (χ4n) is 1.47. The minimum atomic E-state index is -0.389. The van der Waals surface area contributed by atoms with Gasteiger partial charge in [-0.3, -0.25) is 0 Å². The van der Waals surface area contributed by atoms with E-state index in [1.807, 2.05) is 0 Å². The first-order valence-electron chi connectivity index (χ1n) is 5.15. The van der Waals surface area contributed by atoms with Gasteiger partial charge in [-0.15, -0.1) is 0 Å². The number of halogens is 2. The van der Waals surface area contributed by atoms with E-state index < -0.39 is 0 Å². The summed E-state index contributed by atoms with van der Waals surface area (Å²) in [5.74, 6) is 0.224. The Morgan fingerprint density at radius 1 is 1.50 bits per heavy atom. The molecule has 2 aromatic rings. The van der Waals surface area contributed by atoms with Crippen LogP contribution in [-0.2, 0) is 17.9 Å². The Morgan fingerprint density at radius 3 is 2.83 bits per heavy atom. The number of methoxy groups -OCH3 is 1. The number of hydrogen-bond acceptors (Lipinski definition) is 5. The van der Waals surface area contributed by atoms with Crippen LogP contribution >= 0.6 is 15.9 Å². The van der Waals surface area contributed by atoms with Crippen LogP contribution in [0.3, 0.4) is 0 Å². The van der Waals surface area contributed by atoms with E-state index in [1.54, 1.807) is 6.07 Å². The molecule has 18 heavy (non-hydrogen) atoms. The third-order valence-electron chi connectivity index (χ3n) is 2.33. The first-order chi connectivity index (χ1) is 8.65. The second-order valence-corrected chi connectivity index (χ2v) is 4.42. The topological polar surface area (TPSA) is 74.2 Å². The van der Waals surface area contributed by atoms with E-state index in [4.69, 9.17) is 15.0 Å². The lowest BCUT2D eigenvalue weighted by molar-refractivity contribution is 0.181. The van der Waals surface area contributed by atoms with Gasteiger partial charge < -0.3 is 15.0 Å². The van der Waals surface area contributed by atoms with Crippen LogP contribution < -0.4 is 5.73 Å². The summed E-state index contributed by atoms with van der Waals surface area (Å²) in [7, 11) is 1.51. The van der Waals surface area contributed by atoms with Crippen molar-refractivity contribution in [3.8, 4) is 11.4 Å². The average molecular weight is 316 g/mol. The summed E-state index contributed by atoms with van der Waals surface area (Å²) in [5, 5.41) is 3.73. The number of benzene rings is 1. The zero-order chi connectivity index (χ0) is 13.1. The van der Waals surface area contributed by atoms with Crippen LogP contribution in [0.2, 0.25) is 0 Å². The molecule has 0 bridgehead atoms. The second kappa shape index (κ2) is 5.55. The van der Waals surface area contributed by atoms with E-state index in [0.29, 0.717) is 27.3 Å². The first-order valence-corrected chi connectivity index (χ1v) is 5.95.